The van der Waals surface area contributed by atoms with Crippen LogP contribution in [0.4, 0.5) is 0 Å². The molecule has 3 heterocycles. The van der Waals surface area contributed by atoms with E-state index in [1.165, 1.54) is 57.8 Å². The second-order valence-electron chi connectivity index (χ2n) is 19.0. The van der Waals surface area contributed by atoms with Gasteiger partial charge in [0.05, 0.1) is 38.6 Å². The van der Waals surface area contributed by atoms with Gasteiger partial charge in [-0.3, -0.25) is 4.79 Å². The molecule has 3 aliphatic heterocycles. The van der Waals surface area contributed by atoms with Gasteiger partial charge in [0.1, 0.15) is 73.2 Å². The van der Waals surface area contributed by atoms with Crippen LogP contribution in [0.5, 0.6) is 0 Å². The lowest BCUT2D eigenvalue weighted by atomic mass is 9.96. The molecule has 12 N–H and O–H groups in total. The number of hydrogen-bond donors (Lipinski definition) is 12. The Labute approximate surface area is 421 Å². The Bertz CT molecular complexity index is 1500. The van der Waals surface area contributed by atoms with Gasteiger partial charge in [-0.1, -0.05) is 133 Å². The predicted octanol–water partition coefficient (Wildman–Crippen LogP) is 2.36. The molecule has 0 saturated carbocycles. The van der Waals surface area contributed by atoms with Crippen LogP contribution >= 0.6 is 0 Å². The lowest BCUT2D eigenvalue weighted by molar-refractivity contribution is -0.379. The van der Waals surface area contributed by atoms with Gasteiger partial charge in [0.2, 0.25) is 5.91 Å². The fraction of sp³-hybridized carbons (Fsp3) is 0.827. The number of aliphatic hydroxyl groups excluding tert-OH is 11. The zero-order valence-electron chi connectivity index (χ0n) is 42.2. The maximum absolute atomic E-state index is 13.1. The van der Waals surface area contributed by atoms with E-state index in [4.69, 9.17) is 28.4 Å². The second kappa shape index (κ2) is 36.7. The van der Waals surface area contributed by atoms with Crippen LogP contribution in [-0.2, 0) is 33.2 Å². The number of allylic oxidation sites excluding steroid dienone is 7. The molecule has 0 radical (unpaired) electrons. The van der Waals surface area contributed by atoms with Crippen LogP contribution in [0.1, 0.15) is 142 Å². The molecular weight excluding hydrogens is 927 g/mol. The summed E-state index contributed by atoms with van der Waals surface area (Å²) in [5.74, 6) is -0.299. The van der Waals surface area contributed by atoms with Crippen LogP contribution in [0.15, 0.2) is 48.6 Å². The Morgan fingerprint density at radius 3 is 1.48 bits per heavy atom. The molecule has 3 rings (SSSR count). The Morgan fingerprint density at radius 1 is 0.507 bits per heavy atom. The van der Waals surface area contributed by atoms with Crippen molar-refractivity contribution >= 4 is 5.91 Å². The van der Waals surface area contributed by atoms with E-state index in [9.17, 15) is 61.0 Å². The minimum atomic E-state index is -1.98. The number of nitrogens with one attached hydrogen (secondary N) is 1. The first kappa shape index (κ1) is 63.0. The molecule has 0 aromatic rings. The zero-order valence-corrected chi connectivity index (χ0v) is 42.2. The van der Waals surface area contributed by atoms with Gasteiger partial charge in [0.15, 0.2) is 18.9 Å². The normalized spacial score (nSPS) is 32.7. The Kier molecular flexibility index (Phi) is 32.5. The summed E-state index contributed by atoms with van der Waals surface area (Å²) in [7, 11) is 0. The van der Waals surface area contributed by atoms with Gasteiger partial charge in [-0.25, -0.2) is 0 Å². The van der Waals surface area contributed by atoms with Crippen molar-refractivity contribution in [3.05, 3.63) is 48.6 Å². The van der Waals surface area contributed by atoms with Gasteiger partial charge in [-0.2, -0.15) is 0 Å². The standard InChI is InChI=1S/C52H91NO18/c1-3-5-7-8-9-10-11-12-13-14-15-16-17-18-19-20-21-22-23-24-25-26-28-30-40(58)53-35(36(57)29-27-6-4-2)34-66-50-46(64)43(61)48(38(32-55)68-50)71-52-47(65)44(62)49(39(33-56)69-52)70-51-45(63)42(60)41(59)37(31-54)67-51/h11-12,14-15,17-18,27,29,35-39,41-52,54-57,59-65H,3-10,13,16,19-26,28,30-34H2,1-2H3,(H,53,58)/b12-11-,15-14-,18-17-,29-27+. The summed E-state index contributed by atoms with van der Waals surface area (Å²) in [6.07, 6.45) is 10.9. The Morgan fingerprint density at radius 2 is 0.958 bits per heavy atom. The highest BCUT2D eigenvalue weighted by atomic mass is 16.8. The number of ether oxygens (including phenoxy) is 6. The van der Waals surface area contributed by atoms with Crippen molar-refractivity contribution in [2.75, 3.05) is 26.4 Å². The summed E-state index contributed by atoms with van der Waals surface area (Å²) in [6, 6.07) is -0.973. The molecule has 19 heteroatoms. The molecule has 0 aromatic carbocycles. The van der Waals surface area contributed by atoms with Crippen molar-refractivity contribution in [3.8, 4) is 0 Å². The van der Waals surface area contributed by atoms with Crippen molar-refractivity contribution < 1.29 is 89.4 Å². The first-order valence-electron chi connectivity index (χ1n) is 26.4. The highest BCUT2D eigenvalue weighted by Crippen LogP contribution is 2.33. The lowest BCUT2D eigenvalue weighted by Gasteiger charge is -2.48. The topological polar surface area (TPSA) is 307 Å². The van der Waals surface area contributed by atoms with Crippen LogP contribution in [0.3, 0.4) is 0 Å². The molecule has 3 aliphatic rings. The Balaban J connectivity index is 1.40. The molecule has 0 bridgehead atoms. The monoisotopic (exact) mass is 1020 g/mol. The SMILES string of the molecule is CCC/C=C/C(O)C(COC1OC(CO)C(OC2OC(CO)C(OC3OC(CO)C(O)C(O)C3O)C(O)C2O)C(O)C1O)NC(=O)CCCCCCCCCC/C=C\C/C=C\C/C=C\CCCCCCC. The molecular formula is C52H91NO18. The number of carbonyl (C=O) groups is 1. The minimum Gasteiger partial charge on any atom is -0.394 e. The van der Waals surface area contributed by atoms with Gasteiger partial charge >= 0.3 is 0 Å². The third-order valence-electron chi connectivity index (χ3n) is 13.1. The van der Waals surface area contributed by atoms with Gasteiger partial charge in [0, 0.05) is 6.42 Å². The van der Waals surface area contributed by atoms with E-state index in [1.807, 2.05) is 6.92 Å². The van der Waals surface area contributed by atoms with E-state index in [2.05, 4.69) is 48.7 Å². The zero-order chi connectivity index (χ0) is 52.0. The second-order valence-corrected chi connectivity index (χ2v) is 19.0. The molecule has 3 fully saturated rings. The molecule has 0 spiro atoms. The van der Waals surface area contributed by atoms with Gasteiger partial charge in [-0.05, 0) is 51.4 Å². The molecule has 0 aliphatic carbocycles. The highest BCUT2D eigenvalue weighted by Gasteiger charge is 2.53. The van der Waals surface area contributed by atoms with E-state index in [1.54, 1.807) is 12.2 Å². The number of rotatable bonds is 36. The third-order valence-corrected chi connectivity index (χ3v) is 13.1. The largest absolute Gasteiger partial charge is 0.394 e. The first-order chi connectivity index (χ1) is 34.3. The van der Waals surface area contributed by atoms with Crippen molar-refractivity contribution in [2.45, 2.75) is 247 Å². The van der Waals surface area contributed by atoms with Crippen LogP contribution in [0.25, 0.3) is 0 Å². The molecule has 3 saturated heterocycles. The van der Waals surface area contributed by atoms with Crippen LogP contribution in [0.2, 0.25) is 0 Å². The van der Waals surface area contributed by atoms with Crippen LogP contribution < -0.4 is 5.32 Å². The maximum Gasteiger partial charge on any atom is 0.220 e. The number of hydrogen-bond acceptors (Lipinski definition) is 18. The number of unbranched alkanes of at least 4 members (excludes halogenated alkanes) is 14. The number of amides is 1. The van der Waals surface area contributed by atoms with E-state index < -0.39 is 124 Å². The molecule has 17 unspecified atom stereocenters. The summed E-state index contributed by atoms with van der Waals surface area (Å²) >= 11 is 0. The molecule has 19 nitrogen and oxygen atoms in total. The summed E-state index contributed by atoms with van der Waals surface area (Å²) < 4.78 is 33.9. The predicted molar refractivity (Wildman–Crippen MR) is 263 cm³/mol. The fourth-order valence-corrected chi connectivity index (χ4v) is 8.67. The third kappa shape index (κ3) is 22.2. The first-order valence-corrected chi connectivity index (χ1v) is 26.4. The van der Waals surface area contributed by atoms with Gasteiger partial charge in [0.25, 0.3) is 0 Å². The van der Waals surface area contributed by atoms with E-state index in [0.29, 0.717) is 12.8 Å². The van der Waals surface area contributed by atoms with E-state index in [-0.39, 0.29) is 18.9 Å². The van der Waals surface area contributed by atoms with Gasteiger partial charge < -0.3 is 89.9 Å². The molecule has 17 atom stereocenters. The van der Waals surface area contributed by atoms with Crippen LogP contribution in [-0.4, -0.2) is 193 Å². The van der Waals surface area contributed by atoms with Gasteiger partial charge in [-0.15, -0.1) is 0 Å². The maximum atomic E-state index is 13.1. The van der Waals surface area contributed by atoms with E-state index in [0.717, 1.165) is 51.4 Å². The number of carbonyl (C=O) groups excluding carboxylic acids is 1. The fourth-order valence-electron chi connectivity index (χ4n) is 8.67. The van der Waals surface area contributed by atoms with Crippen molar-refractivity contribution in [3.63, 3.8) is 0 Å². The average Bonchev–Trinajstić information content (AvgIpc) is 3.36. The number of aliphatic hydroxyl groups is 11. The minimum absolute atomic E-state index is 0.230. The highest BCUT2D eigenvalue weighted by molar-refractivity contribution is 5.76. The molecule has 1 amide bonds. The summed E-state index contributed by atoms with van der Waals surface area (Å²) in [5, 5.41) is 119. The summed E-state index contributed by atoms with van der Waals surface area (Å²) in [6.45, 7) is 1.43. The van der Waals surface area contributed by atoms with E-state index >= 15 is 0 Å². The molecule has 412 valence electrons. The molecule has 0 aromatic heterocycles. The quantitative estimate of drug-likeness (QED) is 0.0317. The van der Waals surface area contributed by atoms with Crippen molar-refractivity contribution in [2.24, 2.45) is 0 Å². The summed E-state index contributed by atoms with van der Waals surface area (Å²) in [4.78, 5) is 13.1. The summed E-state index contributed by atoms with van der Waals surface area (Å²) in [5.41, 5.74) is 0. The Hall–Kier alpha value is -2.25. The molecule has 71 heavy (non-hydrogen) atoms. The lowest BCUT2D eigenvalue weighted by Crippen LogP contribution is -2.66. The van der Waals surface area contributed by atoms with Crippen LogP contribution in [0, 0.1) is 0 Å². The van der Waals surface area contributed by atoms with Crippen molar-refractivity contribution in [1.82, 2.24) is 5.32 Å². The van der Waals surface area contributed by atoms with Crippen molar-refractivity contribution in [1.29, 1.82) is 0 Å². The average molecular weight is 1020 g/mol. The smallest absolute Gasteiger partial charge is 0.220 e.